The molecule has 2 saturated heterocycles. The van der Waals surface area contributed by atoms with Gasteiger partial charge in [0.25, 0.3) is 0 Å². The minimum atomic E-state index is -0.0309. The van der Waals surface area contributed by atoms with Crippen molar-refractivity contribution >= 4 is 34.9 Å². The van der Waals surface area contributed by atoms with Gasteiger partial charge in [0, 0.05) is 23.2 Å². The number of halogens is 2. The standard InChI is InChI=1S/C15H16Cl2N2O2/c16-9-3-4-10(12(17)6-9)14(20)8-19-5-1-2-11-13(19)7-18-15(11)21/h3-4,6,11,13H,1-2,5,7-8H2,(H,18,21). The van der Waals surface area contributed by atoms with E-state index in [-0.39, 0.29) is 30.2 Å². The Hall–Kier alpha value is -1.10. The van der Waals surface area contributed by atoms with Crippen molar-refractivity contribution in [3.8, 4) is 0 Å². The monoisotopic (exact) mass is 326 g/mol. The summed E-state index contributed by atoms with van der Waals surface area (Å²) in [7, 11) is 0. The van der Waals surface area contributed by atoms with Gasteiger partial charge in [-0.1, -0.05) is 23.2 Å². The highest BCUT2D eigenvalue weighted by Crippen LogP contribution is 2.28. The molecule has 0 spiro atoms. The van der Waals surface area contributed by atoms with Crippen molar-refractivity contribution < 1.29 is 9.59 Å². The lowest BCUT2D eigenvalue weighted by molar-refractivity contribution is -0.124. The van der Waals surface area contributed by atoms with Crippen molar-refractivity contribution in [2.24, 2.45) is 5.92 Å². The average Bonchev–Trinajstić information content (AvgIpc) is 2.81. The molecule has 2 aliphatic rings. The highest BCUT2D eigenvalue weighted by atomic mass is 35.5. The molecule has 1 N–H and O–H groups in total. The second-order valence-electron chi connectivity index (χ2n) is 5.58. The number of benzene rings is 1. The average molecular weight is 327 g/mol. The number of piperidine rings is 1. The Balaban J connectivity index is 1.73. The number of amides is 1. The smallest absolute Gasteiger partial charge is 0.224 e. The van der Waals surface area contributed by atoms with Crippen LogP contribution in [0.15, 0.2) is 18.2 Å². The summed E-state index contributed by atoms with van der Waals surface area (Å²) in [5.74, 6) is 0.102. The van der Waals surface area contributed by atoms with Crippen molar-refractivity contribution in [2.45, 2.75) is 18.9 Å². The van der Waals surface area contributed by atoms with Gasteiger partial charge in [-0.15, -0.1) is 0 Å². The first-order valence-electron chi connectivity index (χ1n) is 7.06. The Kier molecular flexibility index (Phi) is 4.20. The first-order chi connectivity index (χ1) is 10.1. The first-order valence-corrected chi connectivity index (χ1v) is 7.82. The molecule has 1 amide bonds. The van der Waals surface area contributed by atoms with Crippen LogP contribution in [0.4, 0.5) is 0 Å². The van der Waals surface area contributed by atoms with Gasteiger partial charge in [0.2, 0.25) is 5.91 Å². The van der Waals surface area contributed by atoms with Gasteiger partial charge in [0.05, 0.1) is 17.5 Å². The van der Waals surface area contributed by atoms with E-state index < -0.39 is 0 Å². The molecule has 112 valence electrons. The summed E-state index contributed by atoms with van der Waals surface area (Å²) in [5.41, 5.74) is 0.487. The summed E-state index contributed by atoms with van der Waals surface area (Å²) in [5, 5.41) is 3.78. The number of rotatable bonds is 3. The number of hydrogen-bond acceptors (Lipinski definition) is 3. The maximum Gasteiger partial charge on any atom is 0.224 e. The van der Waals surface area contributed by atoms with Crippen LogP contribution in [0.3, 0.4) is 0 Å². The van der Waals surface area contributed by atoms with Gasteiger partial charge in [-0.05, 0) is 37.6 Å². The second-order valence-corrected chi connectivity index (χ2v) is 6.42. The number of hydrogen-bond donors (Lipinski definition) is 1. The summed E-state index contributed by atoms with van der Waals surface area (Å²) in [6.07, 6.45) is 1.85. The van der Waals surface area contributed by atoms with Crippen LogP contribution in [-0.2, 0) is 4.79 Å². The minimum absolute atomic E-state index is 0.0206. The lowest BCUT2D eigenvalue weighted by Crippen LogP contribution is -2.47. The second kappa shape index (κ2) is 5.95. The fourth-order valence-electron chi connectivity index (χ4n) is 3.22. The van der Waals surface area contributed by atoms with Crippen molar-refractivity contribution in [1.82, 2.24) is 10.2 Å². The normalized spacial score (nSPS) is 25.5. The Morgan fingerprint density at radius 1 is 1.38 bits per heavy atom. The summed E-state index contributed by atoms with van der Waals surface area (Å²) in [6, 6.07) is 5.03. The molecule has 2 heterocycles. The zero-order chi connectivity index (χ0) is 15.0. The zero-order valence-electron chi connectivity index (χ0n) is 11.4. The fourth-order valence-corrected chi connectivity index (χ4v) is 3.74. The Labute approximate surface area is 133 Å². The van der Waals surface area contributed by atoms with E-state index in [1.165, 1.54) is 0 Å². The van der Waals surface area contributed by atoms with Crippen LogP contribution in [0.1, 0.15) is 23.2 Å². The van der Waals surface area contributed by atoms with E-state index in [9.17, 15) is 9.59 Å². The van der Waals surface area contributed by atoms with Gasteiger partial charge >= 0.3 is 0 Å². The van der Waals surface area contributed by atoms with E-state index in [0.29, 0.717) is 22.2 Å². The Bertz CT molecular complexity index is 591. The minimum Gasteiger partial charge on any atom is -0.354 e. The quantitative estimate of drug-likeness (QED) is 0.867. The number of carbonyl (C=O) groups excluding carboxylic acids is 2. The summed E-state index contributed by atoms with van der Waals surface area (Å²) >= 11 is 11.9. The third-order valence-electron chi connectivity index (χ3n) is 4.29. The number of ketones is 1. The van der Waals surface area contributed by atoms with E-state index >= 15 is 0 Å². The summed E-state index contributed by atoms with van der Waals surface area (Å²) in [6.45, 7) is 1.76. The molecule has 2 atom stereocenters. The number of Topliss-reactive ketones (excluding diaryl/α,β-unsaturated/α-hetero) is 1. The van der Waals surface area contributed by atoms with Crippen molar-refractivity contribution in [1.29, 1.82) is 0 Å². The van der Waals surface area contributed by atoms with Crippen LogP contribution >= 0.6 is 23.2 Å². The van der Waals surface area contributed by atoms with E-state index in [4.69, 9.17) is 23.2 Å². The molecule has 1 aromatic carbocycles. The molecular formula is C15H16Cl2N2O2. The van der Waals surface area contributed by atoms with Crippen molar-refractivity contribution in [3.05, 3.63) is 33.8 Å². The van der Waals surface area contributed by atoms with Crippen LogP contribution in [0, 0.1) is 5.92 Å². The molecule has 0 saturated carbocycles. The van der Waals surface area contributed by atoms with Crippen LogP contribution < -0.4 is 5.32 Å². The summed E-state index contributed by atoms with van der Waals surface area (Å²) < 4.78 is 0. The molecule has 0 aliphatic carbocycles. The molecule has 0 radical (unpaired) electrons. The molecule has 0 bridgehead atoms. The van der Waals surface area contributed by atoms with Crippen LogP contribution in [-0.4, -0.2) is 42.3 Å². The molecule has 0 aromatic heterocycles. The molecule has 2 aliphatic heterocycles. The Morgan fingerprint density at radius 2 is 2.19 bits per heavy atom. The predicted octanol–water partition coefficient (Wildman–Crippen LogP) is 2.39. The highest BCUT2D eigenvalue weighted by molar-refractivity contribution is 6.36. The van der Waals surface area contributed by atoms with Gasteiger partial charge < -0.3 is 5.32 Å². The molecule has 1 aromatic rings. The summed E-state index contributed by atoms with van der Waals surface area (Å²) in [4.78, 5) is 26.3. The third kappa shape index (κ3) is 2.93. The van der Waals surface area contributed by atoms with Crippen molar-refractivity contribution in [3.63, 3.8) is 0 Å². The SMILES string of the molecule is O=C(CN1CCCC2C(=O)NCC21)c1ccc(Cl)cc1Cl. The molecular weight excluding hydrogens is 311 g/mol. The van der Waals surface area contributed by atoms with Gasteiger partial charge in [-0.3, -0.25) is 14.5 Å². The third-order valence-corrected chi connectivity index (χ3v) is 4.84. The Morgan fingerprint density at radius 3 is 2.95 bits per heavy atom. The van der Waals surface area contributed by atoms with Crippen LogP contribution in [0.5, 0.6) is 0 Å². The number of carbonyl (C=O) groups is 2. The van der Waals surface area contributed by atoms with Gasteiger partial charge in [0.1, 0.15) is 0 Å². The van der Waals surface area contributed by atoms with Crippen LogP contribution in [0.2, 0.25) is 10.0 Å². The van der Waals surface area contributed by atoms with Gasteiger partial charge in [0.15, 0.2) is 5.78 Å². The maximum absolute atomic E-state index is 12.4. The molecule has 4 nitrogen and oxygen atoms in total. The molecule has 6 heteroatoms. The lowest BCUT2D eigenvalue weighted by atomic mass is 9.91. The van der Waals surface area contributed by atoms with E-state index in [2.05, 4.69) is 10.2 Å². The molecule has 3 rings (SSSR count). The predicted molar refractivity (Wildman–Crippen MR) is 81.9 cm³/mol. The maximum atomic E-state index is 12.4. The topological polar surface area (TPSA) is 49.4 Å². The van der Waals surface area contributed by atoms with E-state index in [0.717, 1.165) is 19.4 Å². The van der Waals surface area contributed by atoms with Gasteiger partial charge in [-0.25, -0.2) is 0 Å². The van der Waals surface area contributed by atoms with E-state index in [1.807, 2.05) is 0 Å². The highest BCUT2D eigenvalue weighted by Gasteiger charge is 2.41. The number of nitrogens with zero attached hydrogens (tertiary/aromatic N) is 1. The molecule has 2 unspecified atom stereocenters. The number of fused-ring (bicyclic) bond motifs is 1. The van der Waals surface area contributed by atoms with Gasteiger partial charge in [-0.2, -0.15) is 0 Å². The largest absolute Gasteiger partial charge is 0.354 e. The first kappa shape index (κ1) is 14.8. The van der Waals surface area contributed by atoms with E-state index in [1.54, 1.807) is 18.2 Å². The lowest BCUT2D eigenvalue weighted by Gasteiger charge is -2.35. The number of nitrogens with one attached hydrogen (secondary N) is 1. The molecule has 21 heavy (non-hydrogen) atoms. The number of likely N-dealkylation sites (tertiary alicyclic amines) is 1. The fraction of sp³-hybridized carbons (Fsp3) is 0.467. The van der Waals surface area contributed by atoms with Crippen molar-refractivity contribution in [2.75, 3.05) is 19.6 Å². The zero-order valence-corrected chi connectivity index (χ0v) is 13.0. The molecule has 2 fully saturated rings. The van der Waals surface area contributed by atoms with Crippen LogP contribution in [0.25, 0.3) is 0 Å².